The maximum Gasteiger partial charge on any atom is 0.267 e. The van der Waals surface area contributed by atoms with E-state index in [1.807, 2.05) is 45.0 Å². The molecule has 0 bridgehead atoms. The van der Waals surface area contributed by atoms with E-state index in [-0.39, 0.29) is 12.5 Å². The standard InChI is InChI=1S/C16H22N2O2/c1-10(2)6-13(19)9-17-16(20)15-8-12-5-4-11(3)7-14(12)18-15/h4-5,7-8,10,13,18-19H,6,9H2,1-3H3,(H,17,20). The van der Waals surface area contributed by atoms with E-state index in [4.69, 9.17) is 0 Å². The van der Waals surface area contributed by atoms with Crippen molar-refractivity contribution in [1.29, 1.82) is 0 Å². The minimum atomic E-state index is -0.495. The van der Waals surface area contributed by atoms with Crippen LogP contribution < -0.4 is 5.32 Å². The molecule has 1 aromatic heterocycles. The van der Waals surface area contributed by atoms with Gasteiger partial charge in [-0.1, -0.05) is 26.0 Å². The number of rotatable bonds is 5. The average Bonchev–Trinajstić information content (AvgIpc) is 2.78. The number of aromatic nitrogens is 1. The van der Waals surface area contributed by atoms with Gasteiger partial charge in [-0.05, 0) is 37.0 Å². The molecule has 4 heteroatoms. The lowest BCUT2D eigenvalue weighted by atomic mass is 10.1. The molecule has 0 fully saturated rings. The number of H-pyrrole nitrogens is 1. The maximum absolute atomic E-state index is 12.0. The van der Waals surface area contributed by atoms with Gasteiger partial charge in [0.25, 0.3) is 5.91 Å². The third-order valence-corrected chi connectivity index (χ3v) is 3.26. The predicted octanol–water partition coefficient (Wildman–Crippen LogP) is 2.61. The van der Waals surface area contributed by atoms with Crippen LogP contribution in [0.2, 0.25) is 0 Å². The van der Waals surface area contributed by atoms with Crippen LogP contribution in [0.4, 0.5) is 0 Å². The summed E-state index contributed by atoms with van der Waals surface area (Å²) in [7, 11) is 0. The molecular formula is C16H22N2O2. The molecule has 0 aliphatic heterocycles. The average molecular weight is 274 g/mol. The number of nitrogens with one attached hydrogen (secondary N) is 2. The monoisotopic (exact) mass is 274 g/mol. The largest absolute Gasteiger partial charge is 0.391 e. The van der Waals surface area contributed by atoms with Gasteiger partial charge in [0.2, 0.25) is 0 Å². The van der Waals surface area contributed by atoms with E-state index in [1.54, 1.807) is 0 Å². The third kappa shape index (κ3) is 3.61. The Labute approximate surface area is 119 Å². The molecule has 0 radical (unpaired) electrons. The van der Waals surface area contributed by atoms with E-state index < -0.39 is 6.10 Å². The van der Waals surface area contributed by atoms with Gasteiger partial charge in [-0.15, -0.1) is 0 Å². The molecule has 1 amide bonds. The van der Waals surface area contributed by atoms with Crippen LogP contribution in [0.3, 0.4) is 0 Å². The zero-order valence-electron chi connectivity index (χ0n) is 12.2. The molecule has 1 unspecified atom stereocenters. The molecule has 108 valence electrons. The van der Waals surface area contributed by atoms with Gasteiger partial charge in [-0.2, -0.15) is 0 Å². The molecule has 0 saturated carbocycles. The number of fused-ring (bicyclic) bond motifs is 1. The van der Waals surface area contributed by atoms with Gasteiger partial charge < -0.3 is 15.4 Å². The lowest BCUT2D eigenvalue weighted by Gasteiger charge is -2.13. The van der Waals surface area contributed by atoms with Gasteiger partial charge in [0.15, 0.2) is 0 Å². The Bertz CT molecular complexity index is 602. The van der Waals surface area contributed by atoms with Crippen LogP contribution in [0.1, 0.15) is 36.3 Å². The summed E-state index contributed by atoms with van der Waals surface area (Å²) in [4.78, 5) is 15.1. The summed E-state index contributed by atoms with van der Waals surface area (Å²) < 4.78 is 0. The molecule has 0 spiro atoms. The van der Waals surface area contributed by atoms with Crippen molar-refractivity contribution in [3.8, 4) is 0 Å². The first-order valence-electron chi connectivity index (χ1n) is 7.01. The minimum absolute atomic E-state index is 0.179. The second-order valence-electron chi connectivity index (χ2n) is 5.77. The summed E-state index contributed by atoms with van der Waals surface area (Å²) in [5.41, 5.74) is 2.64. The van der Waals surface area contributed by atoms with Crippen LogP contribution in [0.5, 0.6) is 0 Å². The molecule has 2 rings (SSSR count). The van der Waals surface area contributed by atoms with Gasteiger partial charge in [-0.25, -0.2) is 0 Å². The molecule has 0 aliphatic rings. The molecule has 1 aromatic carbocycles. The first kappa shape index (κ1) is 14.6. The first-order chi connectivity index (χ1) is 9.45. The fourth-order valence-electron chi connectivity index (χ4n) is 2.30. The Hall–Kier alpha value is -1.81. The van der Waals surface area contributed by atoms with Crippen LogP contribution in [0.25, 0.3) is 10.9 Å². The zero-order chi connectivity index (χ0) is 14.7. The Morgan fingerprint density at radius 1 is 1.35 bits per heavy atom. The topological polar surface area (TPSA) is 65.1 Å². The van der Waals surface area contributed by atoms with Crippen LogP contribution in [0.15, 0.2) is 24.3 Å². The van der Waals surface area contributed by atoms with Crippen molar-refractivity contribution < 1.29 is 9.90 Å². The first-order valence-corrected chi connectivity index (χ1v) is 7.01. The fourth-order valence-corrected chi connectivity index (χ4v) is 2.30. The molecule has 3 N–H and O–H groups in total. The number of hydrogen-bond acceptors (Lipinski definition) is 2. The van der Waals surface area contributed by atoms with Crippen molar-refractivity contribution in [1.82, 2.24) is 10.3 Å². The summed E-state index contributed by atoms with van der Waals surface area (Å²) in [5.74, 6) is 0.236. The lowest BCUT2D eigenvalue weighted by molar-refractivity contribution is 0.0896. The smallest absolute Gasteiger partial charge is 0.267 e. The van der Waals surface area contributed by atoms with Crippen molar-refractivity contribution in [2.24, 2.45) is 5.92 Å². The molecule has 20 heavy (non-hydrogen) atoms. The van der Waals surface area contributed by atoms with Gasteiger partial charge in [0, 0.05) is 17.4 Å². The lowest BCUT2D eigenvalue weighted by Crippen LogP contribution is -2.32. The van der Waals surface area contributed by atoms with Crippen LogP contribution in [0, 0.1) is 12.8 Å². The number of amides is 1. The van der Waals surface area contributed by atoms with Crippen molar-refractivity contribution in [3.63, 3.8) is 0 Å². The highest BCUT2D eigenvalue weighted by molar-refractivity contribution is 5.98. The molecule has 2 aromatic rings. The van der Waals surface area contributed by atoms with Crippen LogP contribution >= 0.6 is 0 Å². The van der Waals surface area contributed by atoms with Crippen molar-refractivity contribution in [3.05, 3.63) is 35.5 Å². The molecule has 1 heterocycles. The number of benzene rings is 1. The van der Waals surface area contributed by atoms with Crippen molar-refractivity contribution in [2.45, 2.75) is 33.3 Å². The molecule has 0 saturated heterocycles. The Morgan fingerprint density at radius 2 is 2.10 bits per heavy atom. The number of aliphatic hydroxyl groups excluding tert-OH is 1. The molecular weight excluding hydrogens is 252 g/mol. The Morgan fingerprint density at radius 3 is 2.80 bits per heavy atom. The highest BCUT2D eigenvalue weighted by Crippen LogP contribution is 2.16. The number of aromatic amines is 1. The van der Waals surface area contributed by atoms with E-state index >= 15 is 0 Å². The fraction of sp³-hybridized carbons (Fsp3) is 0.438. The number of aliphatic hydroxyl groups is 1. The van der Waals surface area contributed by atoms with Gasteiger partial charge in [0.1, 0.15) is 5.69 Å². The predicted molar refractivity (Wildman–Crippen MR) is 80.8 cm³/mol. The summed E-state index contributed by atoms with van der Waals surface area (Å²) >= 11 is 0. The number of carbonyl (C=O) groups excluding carboxylic acids is 1. The normalized spacial score (nSPS) is 12.8. The number of hydrogen-bond donors (Lipinski definition) is 3. The van der Waals surface area contributed by atoms with E-state index in [0.29, 0.717) is 18.0 Å². The highest BCUT2D eigenvalue weighted by atomic mass is 16.3. The Kier molecular flexibility index (Phi) is 4.45. The van der Waals surface area contributed by atoms with E-state index in [2.05, 4.69) is 10.3 Å². The van der Waals surface area contributed by atoms with Gasteiger partial charge in [0.05, 0.1) is 6.10 Å². The molecule has 4 nitrogen and oxygen atoms in total. The summed E-state index contributed by atoms with van der Waals surface area (Å²) in [6.45, 7) is 6.39. The van der Waals surface area contributed by atoms with Gasteiger partial charge >= 0.3 is 0 Å². The number of carbonyl (C=O) groups is 1. The van der Waals surface area contributed by atoms with Crippen LogP contribution in [-0.4, -0.2) is 28.6 Å². The second kappa shape index (κ2) is 6.09. The molecule has 0 aliphatic carbocycles. The third-order valence-electron chi connectivity index (χ3n) is 3.26. The highest BCUT2D eigenvalue weighted by Gasteiger charge is 2.12. The SMILES string of the molecule is Cc1ccc2cc(C(=O)NCC(O)CC(C)C)[nH]c2c1. The van der Waals surface area contributed by atoms with E-state index in [9.17, 15) is 9.90 Å². The van der Waals surface area contributed by atoms with Crippen molar-refractivity contribution in [2.75, 3.05) is 6.54 Å². The van der Waals surface area contributed by atoms with Crippen LogP contribution in [-0.2, 0) is 0 Å². The minimum Gasteiger partial charge on any atom is -0.391 e. The maximum atomic E-state index is 12.0. The summed E-state index contributed by atoms with van der Waals surface area (Å²) in [6.07, 6.45) is 0.192. The molecule has 1 atom stereocenters. The second-order valence-corrected chi connectivity index (χ2v) is 5.77. The zero-order valence-corrected chi connectivity index (χ0v) is 12.2. The quantitative estimate of drug-likeness (QED) is 0.784. The Balaban J connectivity index is 2.00. The van der Waals surface area contributed by atoms with Crippen molar-refractivity contribution >= 4 is 16.8 Å². The van der Waals surface area contributed by atoms with E-state index in [0.717, 1.165) is 16.5 Å². The summed E-state index contributed by atoms with van der Waals surface area (Å²) in [6, 6.07) is 7.86. The number of aryl methyl sites for hydroxylation is 1. The van der Waals surface area contributed by atoms with E-state index in [1.165, 1.54) is 0 Å². The summed E-state index contributed by atoms with van der Waals surface area (Å²) in [5, 5.41) is 13.5. The van der Waals surface area contributed by atoms with Gasteiger partial charge in [-0.3, -0.25) is 4.79 Å².